The van der Waals surface area contributed by atoms with E-state index in [0.717, 1.165) is 37.6 Å². The third kappa shape index (κ3) is 3.53. The van der Waals surface area contributed by atoms with Crippen molar-refractivity contribution in [3.05, 3.63) is 41.1 Å². The van der Waals surface area contributed by atoms with Crippen LogP contribution in [0.3, 0.4) is 0 Å². The third-order valence-electron chi connectivity index (χ3n) is 4.30. The molecule has 3 rings (SSSR count). The van der Waals surface area contributed by atoms with Crippen LogP contribution >= 0.6 is 27.7 Å². The third-order valence-corrected chi connectivity index (χ3v) is 5.72. The van der Waals surface area contributed by atoms with Crippen molar-refractivity contribution in [1.29, 1.82) is 0 Å². The topological polar surface area (TPSA) is 45.5 Å². The lowest BCUT2D eigenvalue weighted by molar-refractivity contribution is 0.353. The zero-order chi connectivity index (χ0) is 19.6. The number of halogens is 1. The van der Waals surface area contributed by atoms with Crippen LogP contribution in [0.25, 0.3) is 22.5 Å². The summed E-state index contributed by atoms with van der Waals surface area (Å²) in [4.78, 5) is 5.73. The summed E-state index contributed by atoms with van der Waals surface area (Å²) in [5.74, 6) is 2.15. The Morgan fingerprint density at radius 3 is 2.41 bits per heavy atom. The molecule has 1 aromatic heterocycles. The van der Waals surface area contributed by atoms with E-state index in [1.165, 1.54) is 0 Å². The van der Waals surface area contributed by atoms with Gasteiger partial charge in [0, 0.05) is 18.2 Å². The van der Waals surface area contributed by atoms with Gasteiger partial charge >= 0.3 is 0 Å². The predicted molar refractivity (Wildman–Crippen MR) is 113 cm³/mol. The number of hydrogen-bond acceptors (Lipinski definition) is 5. The normalized spacial score (nSPS) is 10.7. The molecule has 1 heterocycles. The summed E-state index contributed by atoms with van der Waals surface area (Å²) in [6.07, 6.45) is 3.86. The Hall–Kier alpha value is -2.12. The summed E-state index contributed by atoms with van der Waals surface area (Å²) < 4.78 is 19.3. The van der Waals surface area contributed by atoms with Crippen LogP contribution in [-0.4, -0.2) is 37.1 Å². The van der Waals surface area contributed by atoms with Gasteiger partial charge in [-0.2, -0.15) is 0 Å². The smallest absolute Gasteiger partial charge is 0.174 e. The molecule has 0 saturated heterocycles. The van der Waals surface area contributed by atoms with Gasteiger partial charge in [-0.25, -0.2) is 4.98 Å². The molecule has 2 aromatic carbocycles. The van der Waals surface area contributed by atoms with Crippen LogP contribution in [0, 0.1) is 0 Å². The monoisotopic (exact) mass is 448 g/mol. The largest absolute Gasteiger partial charge is 0.496 e. The van der Waals surface area contributed by atoms with Crippen LogP contribution in [0.5, 0.6) is 17.2 Å². The average molecular weight is 449 g/mol. The van der Waals surface area contributed by atoms with E-state index in [4.69, 9.17) is 14.2 Å². The summed E-state index contributed by atoms with van der Waals surface area (Å²) in [5.41, 5.74) is 3.88. The van der Waals surface area contributed by atoms with Crippen molar-refractivity contribution >= 4 is 27.7 Å². The van der Waals surface area contributed by atoms with Gasteiger partial charge in [-0.05, 0) is 40.4 Å². The molecule has 0 aliphatic rings. The Kier molecular flexibility index (Phi) is 6.01. The van der Waals surface area contributed by atoms with E-state index in [1.54, 1.807) is 33.1 Å². The Bertz CT molecular complexity index is 972. The number of ether oxygens (including phenoxy) is 3. The number of rotatable bonds is 6. The van der Waals surface area contributed by atoms with Gasteiger partial charge in [0.05, 0.1) is 48.4 Å². The second-order valence-corrected chi connectivity index (χ2v) is 7.46. The Morgan fingerprint density at radius 2 is 1.78 bits per heavy atom. The van der Waals surface area contributed by atoms with Gasteiger partial charge in [0.25, 0.3) is 0 Å². The lowest BCUT2D eigenvalue weighted by atomic mass is 10.0. The van der Waals surface area contributed by atoms with E-state index < -0.39 is 0 Å². The number of benzene rings is 2. The molecule has 3 aromatic rings. The molecule has 142 valence electrons. The second kappa shape index (κ2) is 8.27. The summed E-state index contributed by atoms with van der Waals surface area (Å²) in [6.45, 7) is 0. The van der Waals surface area contributed by atoms with Crippen molar-refractivity contribution in [3.8, 4) is 39.8 Å². The van der Waals surface area contributed by atoms with Crippen LogP contribution in [0.1, 0.15) is 0 Å². The summed E-state index contributed by atoms with van der Waals surface area (Å²) in [5, 5.41) is 0. The van der Waals surface area contributed by atoms with Gasteiger partial charge in [-0.15, -0.1) is 11.8 Å². The number of thioether (sulfide) groups is 1. The minimum absolute atomic E-state index is 0.647. The maximum Gasteiger partial charge on any atom is 0.174 e. The van der Waals surface area contributed by atoms with E-state index in [0.29, 0.717) is 11.5 Å². The van der Waals surface area contributed by atoms with Crippen molar-refractivity contribution in [2.75, 3.05) is 27.6 Å². The van der Waals surface area contributed by atoms with Gasteiger partial charge < -0.3 is 18.8 Å². The van der Waals surface area contributed by atoms with Gasteiger partial charge in [-0.3, -0.25) is 0 Å². The molecule has 0 bridgehead atoms. The first-order valence-electron chi connectivity index (χ1n) is 8.20. The van der Waals surface area contributed by atoms with Crippen molar-refractivity contribution in [2.24, 2.45) is 7.05 Å². The van der Waals surface area contributed by atoms with E-state index in [-0.39, 0.29) is 0 Å². The molecular formula is C20H21BrN2O3S. The summed E-state index contributed by atoms with van der Waals surface area (Å²) in [7, 11) is 6.93. The molecule has 0 N–H and O–H groups in total. The van der Waals surface area contributed by atoms with Crippen LogP contribution in [0.4, 0.5) is 0 Å². The fraction of sp³-hybridized carbons (Fsp3) is 0.250. The number of aryl methyl sites for hydroxylation is 1. The van der Waals surface area contributed by atoms with E-state index in [2.05, 4.69) is 27.0 Å². The number of hydrogen-bond donors (Lipinski definition) is 0. The van der Waals surface area contributed by atoms with Crippen molar-refractivity contribution < 1.29 is 14.2 Å². The summed E-state index contributed by atoms with van der Waals surface area (Å²) in [6, 6.07) is 9.98. The Labute approximate surface area is 171 Å². The highest BCUT2D eigenvalue weighted by molar-refractivity contribution is 9.10. The fourth-order valence-corrected chi connectivity index (χ4v) is 4.43. The molecule has 0 atom stereocenters. The highest BCUT2D eigenvalue weighted by Gasteiger charge is 2.21. The molecule has 27 heavy (non-hydrogen) atoms. The maximum absolute atomic E-state index is 5.55. The molecule has 0 aliphatic carbocycles. The molecule has 0 radical (unpaired) electrons. The first-order valence-corrected chi connectivity index (χ1v) is 10.2. The molecular weight excluding hydrogens is 428 g/mol. The van der Waals surface area contributed by atoms with Crippen molar-refractivity contribution in [1.82, 2.24) is 9.55 Å². The number of aromatic nitrogens is 2. The Balaban J connectivity index is 2.25. The molecule has 0 fully saturated rings. The minimum atomic E-state index is 0.647. The quantitative estimate of drug-likeness (QED) is 0.480. The SMILES string of the molecule is COc1cc(-c2ncn(C)c2-c2cccc(OC)c2SC)cc(Br)c1OC. The highest BCUT2D eigenvalue weighted by atomic mass is 79.9. The summed E-state index contributed by atoms with van der Waals surface area (Å²) >= 11 is 5.23. The van der Waals surface area contributed by atoms with Crippen molar-refractivity contribution in [2.45, 2.75) is 4.90 Å². The zero-order valence-corrected chi connectivity index (χ0v) is 18.3. The first-order chi connectivity index (χ1) is 13.0. The number of imidazole rings is 1. The lowest BCUT2D eigenvalue weighted by Gasteiger charge is -2.15. The molecule has 0 saturated carbocycles. The standard InChI is InChI=1S/C20H21BrN2O3S/c1-23-11-22-17(12-9-14(21)19(26-4)16(10-12)25-3)18(23)13-7-6-8-15(24-2)20(13)27-5/h6-11H,1-5H3. The number of methoxy groups -OCH3 is 3. The van der Waals surface area contributed by atoms with Crippen LogP contribution in [0.15, 0.2) is 46.0 Å². The molecule has 0 unspecified atom stereocenters. The fourth-order valence-electron chi connectivity index (χ4n) is 3.09. The number of nitrogens with zero attached hydrogens (tertiary/aromatic N) is 2. The Morgan fingerprint density at radius 1 is 1.04 bits per heavy atom. The van der Waals surface area contributed by atoms with E-state index >= 15 is 0 Å². The van der Waals surface area contributed by atoms with Gasteiger partial charge in [0.1, 0.15) is 5.75 Å². The minimum Gasteiger partial charge on any atom is -0.496 e. The molecule has 0 amide bonds. The zero-order valence-electron chi connectivity index (χ0n) is 15.9. The molecule has 5 nitrogen and oxygen atoms in total. The van der Waals surface area contributed by atoms with Crippen LogP contribution in [-0.2, 0) is 7.05 Å². The van der Waals surface area contributed by atoms with Crippen LogP contribution in [0.2, 0.25) is 0 Å². The van der Waals surface area contributed by atoms with E-state index in [9.17, 15) is 0 Å². The van der Waals surface area contributed by atoms with Crippen LogP contribution < -0.4 is 14.2 Å². The molecule has 7 heteroatoms. The highest BCUT2D eigenvalue weighted by Crippen LogP contribution is 2.44. The lowest BCUT2D eigenvalue weighted by Crippen LogP contribution is -1.97. The molecule has 0 aliphatic heterocycles. The second-order valence-electron chi connectivity index (χ2n) is 5.79. The predicted octanol–water partition coefficient (Wildman–Crippen LogP) is 5.26. The maximum atomic E-state index is 5.55. The molecule has 0 spiro atoms. The van der Waals surface area contributed by atoms with Crippen molar-refractivity contribution in [3.63, 3.8) is 0 Å². The van der Waals surface area contributed by atoms with E-state index in [1.807, 2.05) is 48.5 Å². The van der Waals surface area contributed by atoms with Gasteiger partial charge in [-0.1, -0.05) is 12.1 Å². The average Bonchev–Trinajstić information content (AvgIpc) is 3.07. The first kappa shape index (κ1) is 19.6. The van der Waals surface area contributed by atoms with Gasteiger partial charge in [0.15, 0.2) is 11.5 Å². The van der Waals surface area contributed by atoms with Gasteiger partial charge in [0.2, 0.25) is 0 Å².